The SMILES string of the molecule is CCC[C@H]1S/C(=N/N=C\c2ccc(OC)c(OC)c2)N(Cc2cccc3ccccc23)C1=O. The predicted octanol–water partition coefficient (Wildman–Crippen LogP) is 5.49. The van der Waals surface area contributed by atoms with E-state index < -0.39 is 0 Å². The number of rotatable bonds is 8. The minimum absolute atomic E-state index is 0.0925. The number of thioether (sulfide) groups is 1. The van der Waals surface area contributed by atoms with Crippen LogP contribution >= 0.6 is 11.8 Å². The van der Waals surface area contributed by atoms with Crippen molar-refractivity contribution in [2.75, 3.05) is 14.2 Å². The Balaban J connectivity index is 1.61. The number of ether oxygens (including phenoxy) is 2. The van der Waals surface area contributed by atoms with E-state index in [0.29, 0.717) is 23.2 Å². The summed E-state index contributed by atoms with van der Waals surface area (Å²) >= 11 is 1.49. The summed E-state index contributed by atoms with van der Waals surface area (Å²) in [5.74, 6) is 1.37. The number of amidine groups is 1. The fraction of sp³-hybridized carbons (Fsp3) is 0.269. The third kappa shape index (κ3) is 5.03. The van der Waals surface area contributed by atoms with E-state index in [1.54, 1.807) is 25.3 Å². The van der Waals surface area contributed by atoms with Gasteiger partial charge in [-0.3, -0.25) is 9.69 Å². The highest BCUT2D eigenvalue weighted by molar-refractivity contribution is 8.15. The van der Waals surface area contributed by atoms with Crippen molar-refractivity contribution < 1.29 is 14.3 Å². The van der Waals surface area contributed by atoms with Crippen LogP contribution in [0.2, 0.25) is 0 Å². The van der Waals surface area contributed by atoms with Crippen LogP contribution in [-0.4, -0.2) is 41.7 Å². The molecule has 1 atom stereocenters. The number of carbonyl (C=O) groups is 1. The van der Waals surface area contributed by atoms with Crippen molar-refractivity contribution in [1.82, 2.24) is 4.90 Å². The number of hydrogen-bond acceptors (Lipinski definition) is 6. The summed E-state index contributed by atoms with van der Waals surface area (Å²) in [7, 11) is 3.20. The first-order valence-corrected chi connectivity index (χ1v) is 11.8. The Bertz CT molecular complexity index is 1200. The molecule has 0 spiro atoms. The fourth-order valence-electron chi connectivity index (χ4n) is 3.86. The second-order valence-electron chi connectivity index (χ2n) is 7.70. The predicted molar refractivity (Wildman–Crippen MR) is 135 cm³/mol. The highest BCUT2D eigenvalue weighted by Crippen LogP contribution is 2.33. The van der Waals surface area contributed by atoms with Crippen molar-refractivity contribution in [2.45, 2.75) is 31.6 Å². The largest absolute Gasteiger partial charge is 0.493 e. The molecule has 0 N–H and O–H groups in total. The standard InChI is InChI=1S/C26H27N3O3S/c1-4-8-24-25(30)29(17-20-11-7-10-19-9-5-6-12-21(19)20)26(33-24)28-27-16-18-13-14-22(31-2)23(15-18)32-3/h5-7,9-16,24H,4,8,17H2,1-3H3/b27-16-,28-26+/t24-/m1/s1. The van der Waals surface area contributed by atoms with Crippen molar-refractivity contribution in [3.8, 4) is 11.5 Å². The van der Waals surface area contributed by atoms with Crippen LogP contribution in [0.25, 0.3) is 10.8 Å². The number of amides is 1. The lowest BCUT2D eigenvalue weighted by molar-refractivity contribution is -0.126. The maximum Gasteiger partial charge on any atom is 0.242 e. The number of methoxy groups -OCH3 is 2. The quantitative estimate of drug-likeness (QED) is 0.329. The second-order valence-corrected chi connectivity index (χ2v) is 8.87. The molecule has 1 saturated heterocycles. The molecule has 0 aromatic heterocycles. The van der Waals surface area contributed by atoms with Crippen LogP contribution in [0.15, 0.2) is 70.9 Å². The molecule has 0 saturated carbocycles. The van der Waals surface area contributed by atoms with E-state index in [0.717, 1.165) is 34.7 Å². The Morgan fingerprint density at radius 2 is 1.82 bits per heavy atom. The molecule has 0 bridgehead atoms. The summed E-state index contributed by atoms with van der Waals surface area (Å²) in [6.07, 6.45) is 3.41. The molecule has 4 rings (SSSR count). The maximum atomic E-state index is 13.2. The Hall–Kier alpha value is -3.32. The van der Waals surface area contributed by atoms with Gasteiger partial charge in [0, 0.05) is 0 Å². The lowest BCUT2D eigenvalue weighted by Gasteiger charge is -2.17. The zero-order chi connectivity index (χ0) is 23.2. The molecule has 3 aromatic rings. The summed E-state index contributed by atoms with van der Waals surface area (Å²) < 4.78 is 10.6. The minimum atomic E-state index is -0.125. The first-order chi connectivity index (χ1) is 16.1. The molecule has 0 aliphatic carbocycles. The molecule has 6 nitrogen and oxygen atoms in total. The third-order valence-corrected chi connectivity index (χ3v) is 6.77. The van der Waals surface area contributed by atoms with Crippen LogP contribution in [-0.2, 0) is 11.3 Å². The van der Waals surface area contributed by atoms with Gasteiger partial charge in [-0.2, -0.15) is 5.10 Å². The van der Waals surface area contributed by atoms with Crippen LogP contribution in [0.1, 0.15) is 30.9 Å². The molecule has 1 fully saturated rings. The van der Waals surface area contributed by atoms with Crippen molar-refractivity contribution in [3.63, 3.8) is 0 Å². The van der Waals surface area contributed by atoms with Gasteiger partial charge < -0.3 is 9.47 Å². The fourth-order valence-corrected chi connectivity index (χ4v) is 5.07. The van der Waals surface area contributed by atoms with Crippen LogP contribution in [0.3, 0.4) is 0 Å². The van der Waals surface area contributed by atoms with Crippen molar-refractivity contribution in [3.05, 3.63) is 71.8 Å². The monoisotopic (exact) mass is 461 g/mol. The van der Waals surface area contributed by atoms with Crippen molar-refractivity contribution in [1.29, 1.82) is 0 Å². The normalized spacial score (nSPS) is 17.4. The van der Waals surface area contributed by atoms with Crippen molar-refractivity contribution in [2.24, 2.45) is 10.2 Å². The molecule has 33 heavy (non-hydrogen) atoms. The smallest absolute Gasteiger partial charge is 0.242 e. The molecule has 0 unspecified atom stereocenters. The Morgan fingerprint density at radius 1 is 1.03 bits per heavy atom. The molecule has 7 heteroatoms. The van der Waals surface area contributed by atoms with Crippen LogP contribution in [0, 0.1) is 0 Å². The summed E-state index contributed by atoms with van der Waals surface area (Å²) in [5, 5.41) is 11.5. The number of benzene rings is 3. The third-order valence-electron chi connectivity index (χ3n) is 5.54. The van der Waals surface area contributed by atoms with Gasteiger partial charge in [0.1, 0.15) is 0 Å². The number of fused-ring (bicyclic) bond motifs is 1. The highest BCUT2D eigenvalue weighted by atomic mass is 32.2. The molecular formula is C26H27N3O3S. The molecule has 1 amide bonds. The van der Waals surface area contributed by atoms with E-state index in [2.05, 4.69) is 41.4 Å². The minimum Gasteiger partial charge on any atom is -0.493 e. The Labute approximate surface area is 198 Å². The average Bonchev–Trinajstić information content (AvgIpc) is 3.13. The summed E-state index contributed by atoms with van der Waals surface area (Å²) in [6, 6.07) is 19.9. The zero-order valence-electron chi connectivity index (χ0n) is 19.0. The summed E-state index contributed by atoms with van der Waals surface area (Å²) in [6.45, 7) is 2.56. The molecule has 1 aliphatic rings. The van der Waals surface area contributed by atoms with Gasteiger partial charge >= 0.3 is 0 Å². The topological polar surface area (TPSA) is 63.5 Å². The molecule has 1 heterocycles. The highest BCUT2D eigenvalue weighted by Gasteiger charge is 2.37. The van der Waals surface area contributed by atoms with E-state index in [4.69, 9.17) is 9.47 Å². The molecule has 170 valence electrons. The van der Waals surface area contributed by atoms with E-state index in [1.165, 1.54) is 11.8 Å². The number of carbonyl (C=O) groups excluding carboxylic acids is 1. The Kier molecular flexibility index (Phi) is 7.29. The number of nitrogens with zero attached hydrogens (tertiary/aromatic N) is 3. The van der Waals surface area contributed by atoms with Crippen LogP contribution < -0.4 is 9.47 Å². The van der Waals surface area contributed by atoms with E-state index in [1.807, 2.05) is 36.4 Å². The van der Waals surface area contributed by atoms with E-state index >= 15 is 0 Å². The van der Waals surface area contributed by atoms with Gasteiger partial charge in [-0.25, -0.2) is 0 Å². The van der Waals surface area contributed by atoms with Gasteiger partial charge in [0.05, 0.1) is 32.2 Å². The van der Waals surface area contributed by atoms with Gasteiger partial charge in [0.25, 0.3) is 0 Å². The van der Waals surface area contributed by atoms with Crippen LogP contribution in [0.5, 0.6) is 11.5 Å². The Morgan fingerprint density at radius 3 is 2.61 bits per heavy atom. The molecule has 1 aliphatic heterocycles. The second kappa shape index (κ2) is 10.5. The van der Waals surface area contributed by atoms with Gasteiger partial charge in [-0.05, 0) is 46.5 Å². The lowest BCUT2D eigenvalue weighted by Crippen LogP contribution is -2.31. The average molecular weight is 462 g/mol. The first-order valence-electron chi connectivity index (χ1n) is 10.9. The van der Waals surface area contributed by atoms with Gasteiger partial charge in [-0.15, -0.1) is 5.10 Å². The molecule has 3 aromatic carbocycles. The van der Waals surface area contributed by atoms with Gasteiger partial charge in [-0.1, -0.05) is 67.6 Å². The van der Waals surface area contributed by atoms with Crippen molar-refractivity contribution >= 4 is 39.8 Å². The van der Waals surface area contributed by atoms with Gasteiger partial charge in [0.2, 0.25) is 5.91 Å². The van der Waals surface area contributed by atoms with Crippen LogP contribution in [0.4, 0.5) is 0 Å². The van der Waals surface area contributed by atoms with Gasteiger partial charge in [0.15, 0.2) is 16.7 Å². The maximum absolute atomic E-state index is 13.2. The summed E-state index contributed by atoms with van der Waals surface area (Å²) in [4.78, 5) is 14.9. The zero-order valence-corrected chi connectivity index (χ0v) is 19.8. The molecular weight excluding hydrogens is 434 g/mol. The summed E-state index contributed by atoms with van der Waals surface area (Å²) in [5.41, 5.74) is 1.92. The number of hydrogen-bond donors (Lipinski definition) is 0. The molecule has 0 radical (unpaired) electrons. The first kappa shape index (κ1) is 22.9. The van der Waals surface area contributed by atoms with E-state index in [9.17, 15) is 4.79 Å². The van der Waals surface area contributed by atoms with E-state index in [-0.39, 0.29) is 11.2 Å². The lowest BCUT2D eigenvalue weighted by atomic mass is 10.0.